The predicted octanol–water partition coefficient (Wildman–Crippen LogP) is 3.00. The normalized spacial score (nSPS) is 17.8. The molecule has 1 aromatic carbocycles. The van der Waals surface area contributed by atoms with Gasteiger partial charge in [0.1, 0.15) is 5.75 Å². The Morgan fingerprint density at radius 3 is 3.06 bits per heavy atom. The second kappa shape index (κ2) is 4.48. The molecule has 3 heteroatoms. The summed E-state index contributed by atoms with van der Waals surface area (Å²) < 4.78 is 5.43. The predicted molar refractivity (Wildman–Crippen MR) is 71.1 cm³/mol. The van der Waals surface area contributed by atoms with Gasteiger partial charge in [-0.2, -0.15) is 0 Å². The third kappa shape index (κ3) is 1.80. The Kier molecular flexibility index (Phi) is 2.82. The van der Waals surface area contributed by atoms with Crippen molar-refractivity contribution in [1.29, 1.82) is 0 Å². The molecule has 1 N–H and O–H groups in total. The van der Waals surface area contributed by atoms with Crippen LogP contribution >= 0.6 is 0 Å². The van der Waals surface area contributed by atoms with Gasteiger partial charge in [0.15, 0.2) is 0 Å². The Morgan fingerprint density at radius 1 is 1.44 bits per heavy atom. The summed E-state index contributed by atoms with van der Waals surface area (Å²) in [6.45, 7) is 2.17. The fourth-order valence-electron chi connectivity index (χ4n) is 3.11. The zero-order valence-electron chi connectivity index (χ0n) is 10.9. The zero-order valence-corrected chi connectivity index (χ0v) is 10.9. The van der Waals surface area contributed by atoms with Crippen LogP contribution in [0.1, 0.15) is 34.7 Å². The van der Waals surface area contributed by atoms with Crippen molar-refractivity contribution in [2.24, 2.45) is 0 Å². The molecule has 18 heavy (non-hydrogen) atoms. The molecule has 3 rings (SSSR count). The highest BCUT2D eigenvalue weighted by Crippen LogP contribution is 2.40. The van der Waals surface area contributed by atoms with E-state index in [0.717, 1.165) is 17.9 Å². The zero-order chi connectivity index (χ0) is 12.5. The highest BCUT2D eigenvalue weighted by atomic mass is 16.5. The van der Waals surface area contributed by atoms with Gasteiger partial charge in [0, 0.05) is 6.20 Å². The van der Waals surface area contributed by atoms with Crippen LogP contribution in [0.4, 0.5) is 0 Å². The number of nitrogens with zero attached hydrogens (tertiary/aromatic N) is 1. The van der Waals surface area contributed by atoms with Crippen molar-refractivity contribution in [2.75, 3.05) is 7.11 Å². The molecule has 1 atom stereocenters. The summed E-state index contributed by atoms with van der Waals surface area (Å²) in [5, 5.41) is 0. The van der Waals surface area contributed by atoms with Crippen molar-refractivity contribution in [3.05, 3.63) is 47.0 Å². The molecular weight excluding hydrogens is 224 g/mol. The first kappa shape index (κ1) is 11.3. The summed E-state index contributed by atoms with van der Waals surface area (Å²) in [6, 6.07) is 4.30. The molecule has 0 bridgehead atoms. The third-order valence-corrected chi connectivity index (χ3v) is 3.96. The number of aromatic amines is 1. The van der Waals surface area contributed by atoms with Crippen LogP contribution in [-0.4, -0.2) is 17.1 Å². The first-order valence-corrected chi connectivity index (χ1v) is 6.43. The van der Waals surface area contributed by atoms with Crippen LogP contribution in [0.2, 0.25) is 0 Å². The van der Waals surface area contributed by atoms with Crippen LogP contribution in [0.25, 0.3) is 0 Å². The number of ether oxygens (including phenoxy) is 1. The number of hydrogen-bond acceptors (Lipinski definition) is 2. The molecule has 1 aliphatic rings. The van der Waals surface area contributed by atoms with Gasteiger partial charge in [-0.15, -0.1) is 0 Å². The van der Waals surface area contributed by atoms with E-state index in [1.54, 1.807) is 13.4 Å². The Balaban J connectivity index is 1.95. The minimum atomic E-state index is 0.582. The Morgan fingerprint density at radius 2 is 2.33 bits per heavy atom. The summed E-state index contributed by atoms with van der Waals surface area (Å²) in [7, 11) is 1.74. The number of methoxy groups -OCH3 is 1. The summed E-state index contributed by atoms with van der Waals surface area (Å²) in [5.41, 5.74) is 5.41. The average Bonchev–Trinajstić information content (AvgIpc) is 3.01. The molecule has 1 aliphatic carbocycles. The lowest BCUT2D eigenvalue weighted by Crippen LogP contribution is -2.02. The molecule has 0 radical (unpaired) electrons. The third-order valence-electron chi connectivity index (χ3n) is 3.96. The Labute approximate surface area is 107 Å². The second-order valence-electron chi connectivity index (χ2n) is 4.97. The smallest absolute Gasteiger partial charge is 0.122 e. The summed E-state index contributed by atoms with van der Waals surface area (Å²) in [4.78, 5) is 7.37. The lowest BCUT2D eigenvalue weighted by molar-refractivity contribution is 0.410. The van der Waals surface area contributed by atoms with E-state index in [4.69, 9.17) is 4.74 Å². The molecule has 1 aromatic heterocycles. The van der Waals surface area contributed by atoms with Crippen molar-refractivity contribution in [3.8, 4) is 5.75 Å². The first-order chi connectivity index (χ1) is 8.79. The van der Waals surface area contributed by atoms with Crippen LogP contribution < -0.4 is 4.74 Å². The van der Waals surface area contributed by atoms with E-state index in [-0.39, 0.29) is 0 Å². The molecular formula is C15H18N2O. The van der Waals surface area contributed by atoms with E-state index in [2.05, 4.69) is 29.0 Å². The first-order valence-electron chi connectivity index (χ1n) is 6.43. The van der Waals surface area contributed by atoms with Crippen LogP contribution in [0.5, 0.6) is 5.75 Å². The number of benzene rings is 1. The fraction of sp³-hybridized carbons (Fsp3) is 0.400. The fourth-order valence-corrected chi connectivity index (χ4v) is 3.11. The second-order valence-corrected chi connectivity index (χ2v) is 4.97. The number of H-pyrrole nitrogens is 1. The molecule has 0 aliphatic heterocycles. The lowest BCUT2D eigenvalue weighted by Gasteiger charge is -2.15. The maximum Gasteiger partial charge on any atom is 0.122 e. The molecule has 0 spiro atoms. The Bertz CT molecular complexity index is 546. The molecule has 0 saturated carbocycles. The number of nitrogens with one attached hydrogen (secondary N) is 1. The molecule has 0 saturated heterocycles. The summed E-state index contributed by atoms with van der Waals surface area (Å²) in [6.07, 6.45) is 7.16. The standard InChI is InChI=1S/C15H18N2O/c1-10-14(18-2)6-5-11-3-4-12(15(10)11)7-13-8-16-9-17-13/h5-6,8-9,12H,3-4,7H2,1-2H3,(H,16,17). The van der Waals surface area contributed by atoms with Gasteiger partial charge in [-0.05, 0) is 54.9 Å². The number of rotatable bonds is 3. The van der Waals surface area contributed by atoms with Gasteiger partial charge in [-0.1, -0.05) is 6.07 Å². The van der Waals surface area contributed by atoms with Crippen LogP contribution in [0.3, 0.4) is 0 Å². The number of aromatic nitrogens is 2. The van der Waals surface area contributed by atoms with Crippen molar-refractivity contribution in [3.63, 3.8) is 0 Å². The Hall–Kier alpha value is -1.77. The summed E-state index contributed by atoms with van der Waals surface area (Å²) in [5.74, 6) is 1.58. The van der Waals surface area contributed by atoms with Crippen LogP contribution in [0.15, 0.2) is 24.7 Å². The largest absolute Gasteiger partial charge is 0.496 e. The molecule has 1 unspecified atom stereocenters. The van der Waals surface area contributed by atoms with E-state index in [9.17, 15) is 0 Å². The minimum absolute atomic E-state index is 0.582. The number of aryl methyl sites for hydroxylation is 1. The van der Waals surface area contributed by atoms with Gasteiger partial charge in [-0.3, -0.25) is 0 Å². The highest BCUT2D eigenvalue weighted by molar-refractivity contribution is 5.49. The molecule has 1 heterocycles. The quantitative estimate of drug-likeness (QED) is 0.898. The SMILES string of the molecule is COc1ccc2c(c1C)C(Cc1c[nH]cn1)CC2. The van der Waals surface area contributed by atoms with Gasteiger partial charge in [-0.25, -0.2) is 4.98 Å². The number of imidazole rings is 1. The summed E-state index contributed by atoms with van der Waals surface area (Å²) >= 11 is 0. The molecule has 0 amide bonds. The molecule has 2 aromatic rings. The van der Waals surface area contributed by atoms with Crippen molar-refractivity contribution < 1.29 is 4.74 Å². The van der Waals surface area contributed by atoms with E-state index in [1.165, 1.54) is 29.5 Å². The number of hydrogen-bond donors (Lipinski definition) is 1. The maximum absolute atomic E-state index is 5.43. The minimum Gasteiger partial charge on any atom is -0.496 e. The van der Waals surface area contributed by atoms with Gasteiger partial charge < -0.3 is 9.72 Å². The average molecular weight is 242 g/mol. The topological polar surface area (TPSA) is 37.9 Å². The molecule has 94 valence electrons. The maximum atomic E-state index is 5.43. The van der Waals surface area contributed by atoms with Crippen molar-refractivity contribution in [1.82, 2.24) is 9.97 Å². The van der Waals surface area contributed by atoms with Gasteiger partial charge in [0.2, 0.25) is 0 Å². The molecule has 3 nitrogen and oxygen atoms in total. The highest BCUT2D eigenvalue weighted by Gasteiger charge is 2.26. The monoisotopic (exact) mass is 242 g/mol. The van der Waals surface area contributed by atoms with E-state index >= 15 is 0 Å². The van der Waals surface area contributed by atoms with Crippen LogP contribution in [0, 0.1) is 6.92 Å². The lowest BCUT2D eigenvalue weighted by atomic mass is 9.92. The van der Waals surface area contributed by atoms with Crippen LogP contribution in [-0.2, 0) is 12.8 Å². The molecule has 0 fully saturated rings. The van der Waals surface area contributed by atoms with Crippen molar-refractivity contribution in [2.45, 2.75) is 32.1 Å². The van der Waals surface area contributed by atoms with Gasteiger partial charge in [0.05, 0.1) is 19.1 Å². The van der Waals surface area contributed by atoms with Crippen molar-refractivity contribution >= 4 is 0 Å². The van der Waals surface area contributed by atoms with Gasteiger partial charge >= 0.3 is 0 Å². The van der Waals surface area contributed by atoms with E-state index in [1.807, 2.05) is 6.20 Å². The number of fused-ring (bicyclic) bond motifs is 1. The van der Waals surface area contributed by atoms with E-state index in [0.29, 0.717) is 5.92 Å². The van der Waals surface area contributed by atoms with Gasteiger partial charge in [0.25, 0.3) is 0 Å². The van der Waals surface area contributed by atoms with E-state index < -0.39 is 0 Å².